The zero-order chi connectivity index (χ0) is 17.6. The fraction of sp³-hybridized carbons (Fsp3) is 0.158. The molecule has 1 amide bonds. The first-order chi connectivity index (χ1) is 12.2. The Hall–Kier alpha value is -2.79. The van der Waals surface area contributed by atoms with E-state index in [1.807, 2.05) is 36.4 Å². The summed E-state index contributed by atoms with van der Waals surface area (Å²) in [5, 5.41) is 3.28. The zero-order valence-electron chi connectivity index (χ0n) is 13.7. The lowest BCUT2D eigenvalue weighted by molar-refractivity contribution is -0.116. The number of methoxy groups -OCH3 is 1. The lowest BCUT2D eigenvalue weighted by atomic mass is 10.2. The van der Waals surface area contributed by atoms with Crippen LogP contribution >= 0.6 is 11.6 Å². The molecule has 3 rings (SSSR count). The number of rotatable bonds is 6. The standard InChI is InChI=1S/C19H17ClN2O3/c1-24-14-6-4-5-13(11-14)17-12-21-19(25-17)10-9-18(23)22-16-8-3-2-7-15(16)20/h2-8,11-12H,9-10H2,1H3,(H,22,23). The number of oxazole rings is 1. The van der Waals surface area contributed by atoms with E-state index >= 15 is 0 Å². The van der Waals surface area contributed by atoms with Crippen LogP contribution in [0.2, 0.25) is 5.02 Å². The molecule has 128 valence electrons. The highest BCUT2D eigenvalue weighted by molar-refractivity contribution is 6.33. The van der Waals surface area contributed by atoms with Crippen molar-refractivity contribution in [1.29, 1.82) is 0 Å². The molecule has 6 heteroatoms. The van der Waals surface area contributed by atoms with E-state index in [-0.39, 0.29) is 12.3 Å². The van der Waals surface area contributed by atoms with Gasteiger partial charge < -0.3 is 14.5 Å². The molecule has 1 N–H and O–H groups in total. The van der Waals surface area contributed by atoms with Crippen LogP contribution in [0.25, 0.3) is 11.3 Å². The van der Waals surface area contributed by atoms with Crippen LogP contribution in [0.1, 0.15) is 12.3 Å². The van der Waals surface area contributed by atoms with E-state index in [1.165, 1.54) is 0 Å². The summed E-state index contributed by atoms with van der Waals surface area (Å²) in [5.74, 6) is 1.75. The predicted octanol–water partition coefficient (Wildman–Crippen LogP) is 4.57. The van der Waals surface area contributed by atoms with Gasteiger partial charge in [-0.15, -0.1) is 0 Å². The van der Waals surface area contributed by atoms with Gasteiger partial charge >= 0.3 is 0 Å². The van der Waals surface area contributed by atoms with Crippen LogP contribution in [0.4, 0.5) is 5.69 Å². The van der Waals surface area contributed by atoms with Crippen LogP contribution in [0, 0.1) is 0 Å². The maximum absolute atomic E-state index is 12.0. The van der Waals surface area contributed by atoms with E-state index in [9.17, 15) is 4.79 Å². The average molecular weight is 357 g/mol. The molecule has 0 saturated heterocycles. The number of carbonyl (C=O) groups is 1. The molecule has 0 unspecified atom stereocenters. The number of aryl methyl sites for hydroxylation is 1. The molecule has 0 saturated carbocycles. The molecule has 2 aromatic carbocycles. The highest BCUT2D eigenvalue weighted by atomic mass is 35.5. The number of hydrogen-bond acceptors (Lipinski definition) is 4. The first-order valence-corrected chi connectivity index (χ1v) is 8.17. The third-order valence-corrected chi connectivity index (χ3v) is 3.95. The Kier molecular flexibility index (Phi) is 5.36. The Balaban J connectivity index is 1.60. The van der Waals surface area contributed by atoms with Crippen LogP contribution in [-0.4, -0.2) is 18.0 Å². The summed E-state index contributed by atoms with van der Waals surface area (Å²) < 4.78 is 10.9. The first kappa shape index (κ1) is 17.0. The SMILES string of the molecule is COc1cccc(-c2cnc(CCC(=O)Nc3ccccc3Cl)o2)c1. The summed E-state index contributed by atoms with van der Waals surface area (Å²) in [4.78, 5) is 16.3. The molecule has 1 heterocycles. The van der Waals surface area contributed by atoms with Crippen molar-refractivity contribution < 1.29 is 13.9 Å². The molecule has 0 aliphatic heterocycles. The topological polar surface area (TPSA) is 64.4 Å². The molecule has 5 nitrogen and oxygen atoms in total. The van der Waals surface area contributed by atoms with Gasteiger partial charge in [-0.3, -0.25) is 4.79 Å². The van der Waals surface area contributed by atoms with Crippen molar-refractivity contribution in [2.24, 2.45) is 0 Å². The third kappa shape index (κ3) is 4.39. The van der Waals surface area contributed by atoms with Gasteiger partial charge in [-0.1, -0.05) is 35.9 Å². The molecule has 0 fully saturated rings. The Morgan fingerprint density at radius 1 is 1.24 bits per heavy atom. The van der Waals surface area contributed by atoms with E-state index < -0.39 is 0 Å². The smallest absolute Gasteiger partial charge is 0.224 e. The Labute approximate surface area is 150 Å². The number of anilines is 1. The first-order valence-electron chi connectivity index (χ1n) is 7.79. The lowest BCUT2D eigenvalue weighted by Crippen LogP contribution is -2.12. The molecule has 0 atom stereocenters. The summed E-state index contributed by atoms with van der Waals surface area (Å²) in [7, 11) is 1.61. The van der Waals surface area contributed by atoms with Crippen LogP contribution in [0.5, 0.6) is 5.75 Å². The number of carbonyl (C=O) groups excluding carboxylic acids is 1. The number of para-hydroxylation sites is 1. The van der Waals surface area contributed by atoms with E-state index in [4.69, 9.17) is 20.8 Å². The number of hydrogen-bond donors (Lipinski definition) is 1. The Morgan fingerprint density at radius 2 is 2.08 bits per heavy atom. The van der Waals surface area contributed by atoms with Crippen molar-refractivity contribution in [3.63, 3.8) is 0 Å². The summed E-state index contributed by atoms with van der Waals surface area (Å²) in [5.41, 5.74) is 1.47. The van der Waals surface area contributed by atoms with Crippen molar-refractivity contribution in [3.05, 3.63) is 65.6 Å². The fourth-order valence-corrected chi connectivity index (χ4v) is 2.51. The zero-order valence-corrected chi connectivity index (χ0v) is 14.4. The number of nitrogens with zero attached hydrogens (tertiary/aromatic N) is 1. The van der Waals surface area contributed by atoms with Gasteiger partial charge in [-0.2, -0.15) is 0 Å². The second-order valence-corrected chi connectivity index (χ2v) is 5.79. The fourth-order valence-electron chi connectivity index (χ4n) is 2.33. The molecule has 0 spiro atoms. The molecule has 3 aromatic rings. The van der Waals surface area contributed by atoms with Crippen molar-refractivity contribution in [2.45, 2.75) is 12.8 Å². The molecular weight excluding hydrogens is 340 g/mol. The summed E-state index contributed by atoms with van der Waals surface area (Å²) >= 11 is 6.03. The molecule has 25 heavy (non-hydrogen) atoms. The quantitative estimate of drug-likeness (QED) is 0.702. The van der Waals surface area contributed by atoms with E-state index in [2.05, 4.69) is 10.3 Å². The van der Waals surface area contributed by atoms with Crippen molar-refractivity contribution >= 4 is 23.2 Å². The van der Waals surface area contributed by atoms with Crippen LogP contribution < -0.4 is 10.1 Å². The number of aromatic nitrogens is 1. The normalized spacial score (nSPS) is 10.5. The summed E-state index contributed by atoms with van der Waals surface area (Å²) in [6.45, 7) is 0. The monoisotopic (exact) mass is 356 g/mol. The Morgan fingerprint density at radius 3 is 2.88 bits per heavy atom. The number of benzene rings is 2. The Bertz CT molecular complexity index is 876. The molecule has 0 aliphatic rings. The molecule has 0 aliphatic carbocycles. The van der Waals surface area contributed by atoms with E-state index in [1.54, 1.807) is 25.4 Å². The predicted molar refractivity (Wildman–Crippen MR) is 96.9 cm³/mol. The summed E-state index contributed by atoms with van der Waals surface area (Å²) in [6, 6.07) is 14.6. The van der Waals surface area contributed by atoms with Gasteiger partial charge in [0.2, 0.25) is 5.91 Å². The van der Waals surface area contributed by atoms with Crippen LogP contribution in [0.15, 0.2) is 59.1 Å². The number of ether oxygens (including phenoxy) is 1. The van der Waals surface area contributed by atoms with Gasteiger partial charge in [0.25, 0.3) is 0 Å². The minimum Gasteiger partial charge on any atom is -0.497 e. The molecular formula is C19H17ClN2O3. The van der Waals surface area contributed by atoms with Gasteiger partial charge in [-0.05, 0) is 24.3 Å². The van der Waals surface area contributed by atoms with Gasteiger partial charge in [-0.25, -0.2) is 4.98 Å². The molecule has 0 bridgehead atoms. The minimum atomic E-state index is -0.144. The second-order valence-electron chi connectivity index (χ2n) is 5.38. The van der Waals surface area contributed by atoms with Gasteiger partial charge in [0.1, 0.15) is 5.75 Å². The van der Waals surface area contributed by atoms with Crippen LogP contribution in [-0.2, 0) is 11.2 Å². The lowest BCUT2D eigenvalue weighted by Gasteiger charge is -2.05. The maximum atomic E-state index is 12.0. The van der Waals surface area contributed by atoms with E-state index in [0.717, 1.165) is 11.3 Å². The number of amides is 1. The second kappa shape index (κ2) is 7.85. The van der Waals surface area contributed by atoms with Gasteiger partial charge in [0.15, 0.2) is 11.7 Å². The summed E-state index contributed by atoms with van der Waals surface area (Å²) in [6.07, 6.45) is 2.31. The van der Waals surface area contributed by atoms with Crippen molar-refractivity contribution in [3.8, 4) is 17.1 Å². The highest BCUT2D eigenvalue weighted by Gasteiger charge is 2.10. The van der Waals surface area contributed by atoms with Crippen LogP contribution in [0.3, 0.4) is 0 Å². The van der Waals surface area contributed by atoms with Crippen molar-refractivity contribution in [1.82, 2.24) is 4.98 Å². The number of nitrogens with one attached hydrogen (secondary N) is 1. The minimum absolute atomic E-state index is 0.144. The average Bonchev–Trinajstić information content (AvgIpc) is 3.11. The van der Waals surface area contributed by atoms with E-state index in [0.29, 0.717) is 28.8 Å². The third-order valence-electron chi connectivity index (χ3n) is 3.62. The highest BCUT2D eigenvalue weighted by Crippen LogP contribution is 2.25. The maximum Gasteiger partial charge on any atom is 0.224 e. The van der Waals surface area contributed by atoms with Gasteiger partial charge in [0, 0.05) is 18.4 Å². The molecule has 1 aromatic heterocycles. The molecule has 0 radical (unpaired) electrons. The van der Waals surface area contributed by atoms with Gasteiger partial charge in [0.05, 0.1) is 24.0 Å². The largest absolute Gasteiger partial charge is 0.497 e. The van der Waals surface area contributed by atoms with Crippen molar-refractivity contribution in [2.75, 3.05) is 12.4 Å². The number of halogens is 1.